The van der Waals surface area contributed by atoms with Gasteiger partial charge in [0, 0.05) is 19.3 Å². The summed E-state index contributed by atoms with van der Waals surface area (Å²) >= 11 is 3.41. The van der Waals surface area contributed by atoms with Crippen molar-refractivity contribution in [3.63, 3.8) is 0 Å². The van der Waals surface area contributed by atoms with Crippen molar-refractivity contribution in [1.29, 1.82) is 0 Å². The van der Waals surface area contributed by atoms with Gasteiger partial charge in [-0.1, -0.05) is 27.7 Å². The van der Waals surface area contributed by atoms with E-state index in [0.717, 1.165) is 24.1 Å². The zero-order valence-corrected chi connectivity index (χ0v) is 12.2. The summed E-state index contributed by atoms with van der Waals surface area (Å²) < 4.78 is 3.03. The van der Waals surface area contributed by atoms with Crippen LogP contribution in [0.1, 0.15) is 27.7 Å². The predicted molar refractivity (Wildman–Crippen MR) is 71.4 cm³/mol. The fourth-order valence-electron chi connectivity index (χ4n) is 1.62. The smallest absolute Gasteiger partial charge is 0.0632 e. The summed E-state index contributed by atoms with van der Waals surface area (Å²) in [5.41, 5.74) is 0.223. The molecule has 1 aromatic rings. The molecule has 1 N–H and O–H groups in total. The maximum absolute atomic E-state index is 4.29. The molecular formula is C12H22BrN3. The van der Waals surface area contributed by atoms with Crippen molar-refractivity contribution in [3.8, 4) is 0 Å². The van der Waals surface area contributed by atoms with Crippen LogP contribution in [-0.4, -0.2) is 22.9 Å². The lowest BCUT2D eigenvalue weighted by Crippen LogP contribution is -2.34. The van der Waals surface area contributed by atoms with E-state index in [1.165, 1.54) is 0 Å². The first-order valence-corrected chi connectivity index (χ1v) is 6.57. The van der Waals surface area contributed by atoms with Crippen molar-refractivity contribution in [3.05, 3.63) is 16.9 Å². The molecule has 0 aliphatic rings. The Labute approximate surface area is 107 Å². The Balaban J connectivity index is 2.39. The van der Waals surface area contributed by atoms with E-state index in [1.807, 2.05) is 17.1 Å². The topological polar surface area (TPSA) is 29.9 Å². The number of halogens is 1. The maximum Gasteiger partial charge on any atom is 0.0632 e. The molecule has 4 heteroatoms. The minimum absolute atomic E-state index is 0.223. The Morgan fingerprint density at radius 1 is 1.50 bits per heavy atom. The molecule has 1 heterocycles. The Kier molecular flexibility index (Phi) is 4.99. The minimum atomic E-state index is 0.223. The fourth-order valence-corrected chi connectivity index (χ4v) is 1.95. The van der Waals surface area contributed by atoms with Crippen molar-refractivity contribution < 1.29 is 0 Å². The van der Waals surface area contributed by atoms with E-state index >= 15 is 0 Å². The molecule has 0 atom stereocenters. The molecule has 92 valence electrons. The Hall–Kier alpha value is -0.350. The highest BCUT2D eigenvalue weighted by Gasteiger charge is 2.18. The van der Waals surface area contributed by atoms with E-state index in [1.54, 1.807) is 0 Å². The van der Waals surface area contributed by atoms with Gasteiger partial charge in [-0.25, -0.2) is 0 Å². The predicted octanol–water partition coefficient (Wildman–Crippen LogP) is 2.92. The summed E-state index contributed by atoms with van der Waals surface area (Å²) in [6, 6.07) is 0. The average Bonchev–Trinajstić information content (AvgIpc) is 2.48. The summed E-state index contributed by atoms with van der Waals surface area (Å²) in [5, 5.41) is 7.79. The monoisotopic (exact) mass is 287 g/mol. The van der Waals surface area contributed by atoms with E-state index in [4.69, 9.17) is 0 Å². The number of aromatic nitrogens is 2. The second-order valence-electron chi connectivity index (χ2n) is 5.55. The van der Waals surface area contributed by atoms with Gasteiger partial charge in [-0.3, -0.25) is 4.68 Å². The summed E-state index contributed by atoms with van der Waals surface area (Å²) in [7, 11) is 0. The van der Waals surface area contributed by atoms with Crippen molar-refractivity contribution in [2.75, 3.05) is 13.1 Å². The summed E-state index contributed by atoms with van der Waals surface area (Å²) in [6.45, 7) is 12.0. The highest BCUT2D eigenvalue weighted by atomic mass is 79.9. The number of rotatable bonds is 6. The second kappa shape index (κ2) is 5.82. The van der Waals surface area contributed by atoms with Crippen molar-refractivity contribution in [2.45, 2.75) is 34.2 Å². The molecule has 0 fully saturated rings. The second-order valence-corrected chi connectivity index (χ2v) is 6.46. The molecule has 0 saturated heterocycles. The van der Waals surface area contributed by atoms with E-state index in [0.29, 0.717) is 5.92 Å². The standard InChI is InChI=1S/C12H22BrN3/c1-10(2)5-14-8-12(3,4)9-16-7-11(13)6-15-16/h6-7,10,14H,5,8-9H2,1-4H3. The lowest BCUT2D eigenvalue weighted by atomic mass is 9.93. The van der Waals surface area contributed by atoms with Gasteiger partial charge in [0.2, 0.25) is 0 Å². The van der Waals surface area contributed by atoms with Gasteiger partial charge in [0.05, 0.1) is 10.7 Å². The van der Waals surface area contributed by atoms with Gasteiger partial charge in [-0.15, -0.1) is 0 Å². The Morgan fingerprint density at radius 3 is 2.69 bits per heavy atom. The molecule has 0 aromatic carbocycles. The van der Waals surface area contributed by atoms with Crippen molar-refractivity contribution >= 4 is 15.9 Å². The molecule has 0 radical (unpaired) electrons. The first-order valence-electron chi connectivity index (χ1n) is 5.78. The Morgan fingerprint density at radius 2 is 2.19 bits per heavy atom. The lowest BCUT2D eigenvalue weighted by Gasteiger charge is -2.25. The third kappa shape index (κ3) is 5.12. The molecular weight excluding hydrogens is 266 g/mol. The number of hydrogen-bond donors (Lipinski definition) is 1. The van der Waals surface area contributed by atoms with Gasteiger partial charge < -0.3 is 5.32 Å². The molecule has 0 aliphatic carbocycles. The largest absolute Gasteiger partial charge is 0.316 e. The maximum atomic E-state index is 4.29. The molecule has 1 rings (SSSR count). The molecule has 0 aliphatic heterocycles. The third-order valence-corrected chi connectivity index (χ3v) is 2.76. The lowest BCUT2D eigenvalue weighted by molar-refractivity contribution is 0.272. The number of hydrogen-bond acceptors (Lipinski definition) is 2. The number of nitrogens with one attached hydrogen (secondary N) is 1. The van der Waals surface area contributed by atoms with Gasteiger partial charge in [0.1, 0.15) is 0 Å². The summed E-state index contributed by atoms with van der Waals surface area (Å²) in [6.07, 6.45) is 3.85. The molecule has 0 bridgehead atoms. The van der Waals surface area contributed by atoms with Crippen LogP contribution in [0.25, 0.3) is 0 Å². The summed E-state index contributed by atoms with van der Waals surface area (Å²) in [5.74, 6) is 0.703. The molecule has 0 unspecified atom stereocenters. The highest BCUT2D eigenvalue weighted by Crippen LogP contribution is 2.18. The van der Waals surface area contributed by atoms with E-state index in [9.17, 15) is 0 Å². The van der Waals surface area contributed by atoms with Crippen LogP contribution in [0.3, 0.4) is 0 Å². The molecule has 1 aromatic heterocycles. The zero-order valence-electron chi connectivity index (χ0n) is 10.6. The zero-order chi connectivity index (χ0) is 12.2. The highest BCUT2D eigenvalue weighted by molar-refractivity contribution is 9.10. The third-order valence-electron chi connectivity index (χ3n) is 2.35. The fraction of sp³-hybridized carbons (Fsp3) is 0.750. The molecule has 16 heavy (non-hydrogen) atoms. The van der Waals surface area contributed by atoms with E-state index in [-0.39, 0.29) is 5.41 Å². The molecule has 3 nitrogen and oxygen atoms in total. The average molecular weight is 288 g/mol. The van der Waals surface area contributed by atoms with E-state index in [2.05, 4.69) is 54.0 Å². The molecule has 0 saturated carbocycles. The van der Waals surface area contributed by atoms with Gasteiger partial charge in [-0.2, -0.15) is 5.10 Å². The normalized spacial score (nSPS) is 12.4. The van der Waals surface area contributed by atoms with Crippen LogP contribution >= 0.6 is 15.9 Å². The molecule has 0 amide bonds. The van der Waals surface area contributed by atoms with Crippen molar-refractivity contribution in [1.82, 2.24) is 15.1 Å². The van der Waals surface area contributed by atoms with Crippen LogP contribution < -0.4 is 5.32 Å². The first kappa shape index (κ1) is 13.7. The molecule has 0 spiro atoms. The van der Waals surface area contributed by atoms with Crippen molar-refractivity contribution in [2.24, 2.45) is 11.3 Å². The van der Waals surface area contributed by atoms with Crippen LogP contribution in [0.5, 0.6) is 0 Å². The summed E-state index contributed by atoms with van der Waals surface area (Å²) in [4.78, 5) is 0. The van der Waals surface area contributed by atoms with Gasteiger partial charge in [0.15, 0.2) is 0 Å². The van der Waals surface area contributed by atoms with Gasteiger partial charge >= 0.3 is 0 Å². The van der Waals surface area contributed by atoms with Gasteiger partial charge in [-0.05, 0) is 33.8 Å². The van der Waals surface area contributed by atoms with Crippen LogP contribution in [0.2, 0.25) is 0 Å². The van der Waals surface area contributed by atoms with Crippen LogP contribution in [-0.2, 0) is 6.54 Å². The van der Waals surface area contributed by atoms with Crippen LogP contribution in [0, 0.1) is 11.3 Å². The SMILES string of the molecule is CC(C)CNCC(C)(C)Cn1cc(Br)cn1. The minimum Gasteiger partial charge on any atom is -0.316 e. The van der Waals surface area contributed by atoms with Crippen LogP contribution in [0.4, 0.5) is 0 Å². The van der Waals surface area contributed by atoms with E-state index < -0.39 is 0 Å². The quantitative estimate of drug-likeness (QED) is 0.872. The Bertz CT molecular complexity index is 318. The van der Waals surface area contributed by atoms with Gasteiger partial charge in [0.25, 0.3) is 0 Å². The first-order chi connectivity index (χ1) is 7.39. The number of nitrogens with zero attached hydrogens (tertiary/aromatic N) is 2. The van der Waals surface area contributed by atoms with Crippen LogP contribution in [0.15, 0.2) is 16.9 Å².